The van der Waals surface area contributed by atoms with Crippen LogP contribution >= 0.6 is 15.9 Å². The number of benzene rings is 1. The van der Waals surface area contributed by atoms with E-state index in [1.165, 1.54) is 0 Å². The van der Waals surface area contributed by atoms with Crippen molar-refractivity contribution < 1.29 is 9.90 Å². The molecule has 84 valence electrons. The first-order valence-electron chi connectivity index (χ1n) is 5.36. The predicted octanol–water partition coefficient (Wildman–Crippen LogP) is 3.16. The summed E-state index contributed by atoms with van der Waals surface area (Å²) in [6.45, 7) is 0. The van der Waals surface area contributed by atoms with Crippen LogP contribution in [0.3, 0.4) is 0 Å². The summed E-state index contributed by atoms with van der Waals surface area (Å²) in [6, 6.07) is 7.44. The van der Waals surface area contributed by atoms with Gasteiger partial charge in [-0.25, -0.2) is 0 Å². The first kappa shape index (κ1) is 11.6. The number of carbonyl (C=O) groups excluding carboxylic acids is 1. The van der Waals surface area contributed by atoms with E-state index >= 15 is 0 Å². The molecule has 0 fully saturated rings. The zero-order chi connectivity index (χ0) is 11.5. The number of ketones is 1. The Bertz CT molecular complexity index is 437. The number of carbonyl (C=O) groups is 1. The van der Waals surface area contributed by atoms with Gasteiger partial charge in [0.1, 0.15) is 6.10 Å². The molecule has 0 aromatic heterocycles. The maximum absolute atomic E-state index is 11.7. The molecule has 0 aliphatic heterocycles. The van der Waals surface area contributed by atoms with Gasteiger partial charge in [0.25, 0.3) is 0 Å². The molecule has 1 N–H and O–H groups in total. The van der Waals surface area contributed by atoms with Crippen molar-refractivity contribution in [3.63, 3.8) is 0 Å². The van der Waals surface area contributed by atoms with E-state index in [0.717, 1.165) is 22.9 Å². The number of hydrogen-bond acceptors (Lipinski definition) is 2. The predicted molar refractivity (Wildman–Crippen MR) is 66.0 cm³/mol. The van der Waals surface area contributed by atoms with Crippen molar-refractivity contribution in [2.45, 2.75) is 25.4 Å². The molecule has 1 aliphatic rings. The van der Waals surface area contributed by atoms with E-state index in [9.17, 15) is 9.90 Å². The highest BCUT2D eigenvalue weighted by Crippen LogP contribution is 2.31. The van der Waals surface area contributed by atoms with Crippen LogP contribution in [0.4, 0.5) is 0 Å². The lowest BCUT2D eigenvalue weighted by molar-refractivity contribution is -0.117. The maximum Gasteiger partial charge on any atom is 0.161 e. The van der Waals surface area contributed by atoms with Crippen molar-refractivity contribution in [2.75, 3.05) is 0 Å². The molecule has 0 bridgehead atoms. The van der Waals surface area contributed by atoms with Gasteiger partial charge in [-0.05, 0) is 24.5 Å². The van der Waals surface area contributed by atoms with Crippen LogP contribution < -0.4 is 0 Å². The minimum absolute atomic E-state index is 0.0644. The molecule has 2 rings (SSSR count). The molecule has 1 aliphatic carbocycles. The van der Waals surface area contributed by atoms with E-state index in [1.807, 2.05) is 30.3 Å². The summed E-state index contributed by atoms with van der Waals surface area (Å²) in [4.78, 5) is 11.7. The molecule has 1 aromatic rings. The van der Waals surface area contributed by atoms with Gasteiger partial charge in [-0.1, -0.05) is 40.2 Å². The Labute approximate surface area is 103 Å². The van der Waals surface area contributed by atoms with Crippen molar-refractivity contribution in [3.05, 3.63) is 46.0 Å². The summed E-state index contributed by atoms with van der Waals surface area (Å²) >= 11 is 3.38. The van der Waals surface area contributed by atoms with E-state index < -0.39 is 6.10 Å². The second kappa shape index (κ2) is 4.93. The van der Waals surface area contributed by atoms with E-state index in [4.69, 9.17) is 0 Å². The summed E-state index contributed by atoms with van der Waals surface area (Å²) in [7, 11) is 0. The fourth-order valence-corrected chi connectivity index (χ4v) is 2.41. The zero-order valence-corrected chi connectivity index (χ0v) is 10.4. The van der Waals surface area contributed by atoms with Crippen molar-refractivity contribution in [2.24, 2.45) is 0 Å². The van der Waals surface area contributed by atoms with Gasteiger partial charge in [-0.2, -0.15) is 0 Å². The van der Waals surface area contributed by atoms with Crippen LogP contribution in [0, 0.1) is 0 Å². The van der Waals surface area contributed by atoms with Crippen LogP contribution in [-0.4, -0.2) is 10.9 Å². The van der Waals surface area contributed by atoms with Gasteiger partial charge in [0.2, 0.25) is 0 Å². The van der Waals surface area contributed by atoms with Crippen LogP contribution in [0.2, 0.25) is 0 Å². The number of aliphatic hydroxyl groups excluding tert-OH is 1. The number of allylic oxidation sites excluding steroid dienone is 1. The van der Waals surface area contributed by atoms with Crippen molar-refractivity contribution >= 4 is 21.7 Å². The summed E-state index contributed by atoms with van der Waals surface area (Å²) in [5.41, 5.74) is 1.29. The second-order valence-corrected chi connectivity index (χ2v) is 4.75. The van der Waals surface area contributed by atoms with Gasteiger partial charge in [0, 0.05) is 16.5 Å². The largest absolute Gasteiger partial charge is 0.383 e. The molecule has 3 heteroatoms. The SMILES string of the molecule is O=C1CCCC=C1C(O)c1ccccc1Br. The number of aliphatic hydroxyl groups is 1. The number of halogens is 1. The van der Waals surface area contributed by atoms with E-state index in [2.05, 4.69) is 15.9 Å². The number of hydrogen-bond donors (Lipinski definition) is 1. The van der Waals surface area contributed by atoms with E-state index in [0.29, 0.717) is 12.0 Å². The number of Topliss-reactive ketones (excluding diaryl/α,β-unsaturated/α-hetero) is 1. The van der Waals surface area contributed by atoms with Gasteiger partial charge in [-0.3, -0.25) is 4.79 Å². The molecule has 1 unspecified atom stereocenters. The Balaban J connectivity index is 2.32. The van der Waals surface area contributed by atoms with Crippen LogP contribution in [0.1, 0.15) is 30.9 Å². The third kappa shape index (κ3) is 2.25. The molecule has 0 amide bonds. The lowest BCUT2D eigenvalue weighted by Crippen LogP contribution is -2.14. The summed E-state index contributed by atoms with van der Waals surface area (Å²) < 4.78 is 0.835. The third-order valence-electron chi connectivity index (χ3n) is 2.79. The Morgan fingerprint density at radius 3 is 2.75 bits per heavy atom. The Morgan fingerprint density at radius 2 is 2.06 bits per heavy atom. The lowest BCUT2D eigenvalue weighted by Gasteiger charge is -2.18. The zero-order valence-electron chi connectivity index (χ0n) is 8.82. The average molecular weight is 281 g/mol. The summed E-state index contributed by atoms with van der Waals surface area (Å²) in [5.74, 6) is 0.0644. The van der Waals surface area contributed by atoms with Gasteiger partial charge in [0.15, 0.2) is 5.78 Å². The first-order chi connectivity index (χ1) is 7.70. The highest BCUT2D eigenvalue weighted by Gasteiger charge is 2.23. The van der Waals surface area contributed by atoms with Gasteiger partial charge < -0.3 is 5.11 Å². The average Bonchev–Trinajstić information content (AvgIpc) is 2.29. The summed E-state index contributed by atoms with van der Waals surface area (Å²) in [5, 5.41) is 10.2. The molecule has 0 saturated carbocycles. The monoisotopic (exact) mass is 280 g/mol. The molecule has 0 spiro atoms. The van der Waals surface area contributed by atoms with Crippen LogP contribution in [0.25, 0.3) is 0 Å². The Hall–Kier alpha value is -0.930. The van der Waals surface area contributed by atoms with Crippen molar-refractivity contribution in [1.82, 2.24) is 0 Å². The topological polar surface area (TPSA) is 37.3 Å². The standard InChI is InChI=1S/C13H13BrO2/c14-11-7-3-1-5-9(11)13(16)10-6-2-4-8-12(10)15/h1,3,5-7,13,16H,2,4,8H2. The summed E-state index contributed by atoms with van der Waals surface area (Å²) in [6.07, 6.45) is 3.38. The van der Waals surface area contributed by atoms with Crippen molar-refractivity contribution in [3.8, 4) is 0 Å². The van der Waals surface area contributed by atoms with E-state index in [1.54, 1.807) is 0 Å². The smallest absolute Gasteiger partial charge is 0.161 e. The highest BCUT2D eigenvalue weighted by atomic mass is 79.9. The molecule has 1 aromatic carbocycles. The first-order valence-corrected chi connectivity index (χ1v) is 6.15. The molecule has 2 nitrogen and oxygen atoms in total. The molecule has 0 saturated heterocycles. The Kier molecular flexibility index (Phi) is 3.56. The number of rotatable bonds is 2. The maximum atomic E-state index is 11.7. The van der Waals surface area contributed by atoms with E-state index in [-0.39, 0.29) is 5.78 Å². The lowest BCUT2D eigenvalue weighted by atomic mass is 9.91. The normalized spacial score (nSPS) is 18.1. The molecule has 0 radical (unpaired) electrons. The van der Waals surface area contributed by atoms with Crippen LogP contribution in [0.15, 0.2) is 40.4 Å². The van der Waals surface area contributed by atoms with Crippen molar-refractivity contribution in [1.29, 1.82) is 0 Å². The van der Waals surface area contributed by atoms with Gasteiger partial charge in [-0.15, -0.1) is 0 Å². The minimum atomic E-state index is -0.802. The van der Waals surface area contributed by atoms with Gasteiger partial charge >= 0.3 is 0 Å². The minimum Gasteiger partial charge on any atom is -0.383 e. The second-order valence-electron chi connectivity index (χ2n) is 3.90. The molecule has 16 heavy (non-hydrogen) atoms. The van der Waals surface area contributed by atoms with Gasteiger partial charge in [0.05, 0.1) is 0 Å². The highest BCUT2D eigenvalue weighted by molar-refractivity contribution is 9.10. The molecule has 1 atom stereocenters. The fraction of sp³-hybridized carbons (Fsp3) is 0.308. The molecular weight excluding hydrogens is 268 g/mol. The molecule has 0 heterocycles. The molecular formula is C13H13BrO2. The third-order valence-corrected chi connectivity index (χ3v) is 3.51. The quantitative estimate of drug-likeness (QED) is 0.904. The van der Waals surface area contributed by atoms with Crippen LogP contribution in [-0.2, 0) is 4.79 Å². The fourth-order valence-electron chi connectivity index (χ4n) is 1.91. The van der Waals surface area contributed by atoms with Crippen LogP contribution in [0.5, 0.6) is 0 Å². The Morgan fingerprint density at radius 1 is 1.31 bits per heavy atom.